The maximum absolute atomic E-state index is 3.52. The van der Waals surface area contributed by atoms with E-state index in [0.29, 0.717) is 0 Å². The Balaban J connectivity index is 1.32. The topological polar surface area (TPSA) is 22.3 Å². The van der Waals surface area contributed by atoms with Crippen molar-refractivity contribution in [2.75, 3.05) is 38.1 Å². The highest BCUT2D eigenvalue weighted by atomic mass is 15.2. The number of nitrogens with zero attached hydrogens (tertiary/aromatic N) is 2. The number of rotatable bonds is 6. The molecule has 4 rings (SSSR count). The molecule has 1 fully saturated rings. The van der Waals surface area contributed by atoms with Crippen molar-refractivity contribution in [3.05, 3.63) is 65.9 Å². The summed E-state index contributed by atoms with van der Waals surface area (Å²) >= 11 is 0. The van der Waals surface area contributed by atoms with Crippen LogP contribution in [0.25, 0.3) is 10.9 Å². The molecule has 136 valence electrons. The number of aryl methyl sites for hydroxylation is 1. The third-order valence-electron chi connectivity index (χ3n) is 5.75. The molecule has 3 nitrogen and oxygen atoms in total. The van der Waals surface area contributed by atoms with Crippen LogP contribution in [0.4, 0.5) is 5.69 Å². The molecule has 0 radical (unpaired) electrons. The Morgan fingerprint density at radius 2 is 1.85 bits per heavy atom. The molecule has 0 spiro atoms. The Bertz CT molecular complexity index is 852. The first-order valence-electron chi connectivity index (χ1n) is 9.75. The Hall–Kier alpha value is -2.26. The maximum Gasteiger partial charge on any atom is 0.0458 e. The van der Waals surface area contributed by atoms with Gasteiger partial charge >= 0.3 is 0 Å². The number of aromatic amines is 1. The van der Waals surface area contributed by atoms with Crippen molar-refractivity contribution >= 4 is 16.6 Å². The number of para-hydroxylation sites is 2. The summed E-state index contributed by atoms with van der Waals surface area (Å²) in [7, 11) is 2.27. The Kier molecular flexibility index (Phi) is 4.98. The van der Waals surface area contributed by atoms with E-state index in [1.807, 2.05) is 0 Å². The Morgan fingerprint density at radius 3 is 2.69 bits per heavy atom. The predicted octanol–water partition coefficient (Wildman–Crippen LogP) is 4.48. The van der Waals surface area contributed by atoms with Crippen LogP contribution < -0.4 is 4.90 Å². The molecule has 3 heteroatoms. The molecule has 3 aromatic rings. The van der Waals surface area contributed by atoms with Gasteiger partial charge in [0.1, 0.15) is 0 Å². The van der Waals surface area contributed by atoms with Crippen molar-refractivity contribution in [1.29, 1.82) is 0 Å². The number of hydrogen-bond acceptors (Lipinski definition) is 2. The molecule has 1 aliphatic rings. The highest BCUT2D eigenvalue weighted by molar-refractivity contribution is 5.84. The number of aromatic nitrogens is 1. The van der Waals surface area contributed by atoms with E-state index < -0.39 is 0 Å². The molecule has 1 atom stereocenters. The molecule has 2 aromatic carbocycles. The lowest BCUT2D eigenvalue weighted by atomic mass is 10.1. The van der Waals surface area contributed by atoms with E-state index in [-0.39, 0.29) is 0 Å². The molecular weight excluding hydrogens is 318 g/mol. The first kappa shape index (κ1) is 17.2. The molecule has 1 aliphatic heterocycles. The average Bonchev–Trinajstić information content (AvgIpc) is 3.24. The number of nitrogens with one attached hydrogen (secondary N) is 1. The smallest absolute Gasteiger partial charge is 0.0458 e. The zero-order valence-corrected chi connectivity index (χ0v) is 15.9. The minimum Gasteiger partial charge on any atom is -0.371 e. The fraction of sp³-hybridized carbons (Fsp3) is 0.391. The highest BCUT2D eigenvalue weighted by Crippen LogP contribution is 2.25. The van der Waals surface area contributed by atoms with Crippen molar-refractivity contribution in [2.45, 2.75) is 19.8 Å². The van der Waals surface area contributed by atoms with Gasteiger partial charge in [0.15, 0.2) is 0 Å². The van der Waals surface area contributed by atoms with Crippen molar-refractivity contribution < 1.29 is 0 Å². The molecular formula is C23H29N3. The third-order valence-corrected chi connectivity index (χ3v) is 5.75. The van der Waals surface area contributed by atoms with Gasteiger partial charge in [0.2, 0.25) is 0 Å². The van der Waals surface area contributed by atoms with Gasteiger partial charge in [-0.1, -0.05) is 36.4 Å². The molecule has 26 heavy (non-hydrogen) atoms. The second-order valence-corrected chi connectivity index (χ2v) is 7.72. The van der Waals surface area contributed by atoms with E-state index in [2.05, 4.69) is 83.4 Å². The quantitative estimate of drug-likeness (QED) is 0.710. The summed E-state index contributed by atoms with van der Waals surface area (Å²) in [5.41, 5.74) is 5.42. The van der Waals surface area contributed by atoms with E-state index in [0.717, 1.165) is 18.9 Å². The van der Waals surface area contributed by atoms with Crippen LogP contribution in [0.1, 0.15) is 17.7 Å². The zero-order chi connectivity index (χ0) is 17.9. The van der Waals surface area contributed by atoms with E-state index >= 15 is 0 Å². The molecule has 1 N–H and O–H groups in total. The number of anilines is 1. The number of likely N-dealkylation sites (N-methyl/N-ethyl adjacent to an activating group) is 1. The van der Waals surface area contributed by atoms with Crippen LogP contribution in [0.2, 0.25) is 0 Å². The lowest BCUT2D eigenvalue weighted by Gasteiger charge is -2.22. The minimum atomic E-state index is 0.768. The van der Waals surface area contributed by atoms with Crippen molar-refractivity contribution in [1.82, 2.24) is 9.88 Å². The monoisotopic (exact) mass is 347 g/mol. The highest BCUT2D eigenvalue weighted by Gasteiger charge is 2.23. The molecule has 0 saturated carbocycles. The van der Waals surface area contributed by atoms with Gasteiger partial charge in [-0.15, -0.1) is 0 Å². The summed E-state index contributed by atoms with van der Waals surface area (Å²) < 4.78 is 0. The van der Waals surface area contributed by atoms with Gasteiger partial charge in [0, 0.05) is 48.5 Å². The van der Waals surface area contributed by atoms with Crippen LogP contribution in [0.3, 0.4) is 0 Å². The van der Waals surface area contributed by atoms with E-state index in [4.69, 9.17) is 0 Å². The van der Waals surface area contributed by atoms with E-state index in [1.165, 1.54) is 53.9 Å². The summed E-state index contributed by atoms with van der Waals surface area (Å²) in [4.78, 5) is 8.57. The van der Waals surface area contributed by atoms with E-state index in [9.17, 15) is 0 Å². The van der Waals surface area contributed by atoms with Crippen LogP contribution in [0.5, 0.6) is 0 Å². The van der Waals surface area contributed by atoms with Crippen molar-refractivity contribution in [3.63, 3.8) is 0 Å². The van der Waals surface area contributed by atoms with Crippen LogP contribution in [-0.2, 0) is 6.42 Å². The standard InChI is InChI=1S/C23H29N3/c1-18-21(22-10-6-7-11-23(22)24-18)13-14-25(2)16-19-12-15-26(17-19)20-8-4-3-5-9-20/h3-11,19,24H,12-17H2,1-2H3. The Morgan fingerprint density at radius 1 is 1.08 bits per heavy atom. The van der Waals surface area contributed by atoms with Gasteiger partial charge in [-0.3, -0.25) is 0 Å². The molecule has 0 aliphatic carbocycles. The predicted molar refractivity (Wildman–Crippen MR) is 111 cm³/mol. The third kappa shape index (κ3) is 3.63. The SMILES string of the molecule is Cc1[nH]c2ccccc2c1CCN(C)CC1CCN(c2ccccc2)C1. The summed E-state index contributed by atoms with van der Waals surface area (Å²) in [6.45, 7) is 6.86. The van der Waals surface area contributed by atoms with E-state index in [1.54, 1.807) is 0 Å². The molecule has 0 amide bonds. The first-order chi connectivity index (χ1) is 12.7. The first-order valence-corrected chi connectivity index (χ1v) is 9.75. The minimum absolute atomic E-state index is 0.768. The number of fused-ring (bicyclic) bond motifs is 1. The molecule has 1 saturated heterocycles. The van der Waals surface area contributed by atoms with Crippen LogP contribution in [0.15, 0.2) is 54.6 Å². The molecule has 2 heterocycles. The van der Waals surface area contributed by atoms with Crippen LogP contribution in [0, 0.1) is 12.8 Å². The number of hydrogen-bond donors (Lipinski definition) is 1. The van der Waals surface area contributed by atoms with Crippen molar-refractivity contribution in [3.8, 4) is 0 Å². The summed E-state index contributed by atoms with van der Waals surface area (Å²) in [5.74, 6) is 0.768. The normalized spacial score (nSPS) is 17.5. The second-order valence-electron chi connectivity index (χ2n) is 7.72. The lowest BCUT2D eigenvalue weighted by molar-refractivity contribution is 0.290. The van der Waals surface area contributed by atoms with Gasteiger partial charge in [0.05, 0.1) is 0 Å². The van der Waals surface area contributed by atoms with Gasteiger partial charge in [-0.2, -0.15) is 0 Å². The second kappa shape index (κ2) is 7.55. The number of H-pyrrole nitrogens is 1. The average molecular weight is 348 g/mol. The summed E-state index contributed by atoms with van der Waals surface area (Å²) in [6.07, 6.45) is 2.41. The molecule has 1 unspecified atom stereocenters. The van der Waals surface area contributed by atoms with Gasteiger partial charge in [0.25, 0.3) is 0 Å². The Labute approximate surface area is 156 Å². The van der Waals surface area contributed by atoms with Gasteiger partial charge in [-0.25, -0.2) is 0 Å². The summed E-state index contributed by atoms with van der Waals surface area (Å²) in [5, 5.41) is 1.38. The fourth-order valence-electron chi connectivity index (χ4n) is 4.35. The molecule has 1 aromatic heterocycles. The van der Waals surface area contributed by atoms with Crippen LogP contribution >= 0.6 is 0 Å². The fourth-order valence-corrected chi connectivity index (χ4v) is 4.35. The van der Waals surface area contributed by atoms with Crippen molar-refractivity contribution in [2.24, 2.45) is 5.92 Å². The van der Waals surface area contributed by atoms with Crippen LogP contribution in [-0.4, -0.2) is 43.1 Å². The summed E-state index contributed by atoms with van der Waals surface area (Å²) in [6, 6.07) is 19.5. The maximum atomic E-state index is 3.52. The van der Waals surface area contributed by atoms with Gasteiger partial charge < -0.3 is 14.8 Å². The lowest BCUT2D eigenvalue weighted by Crippen LogP contribution is -2.29. The zero-order valence-electron chi connectivity index (χ0n) is 15.9. The largest absolute Gasteiger partial charge is 0.371 e. The molecule has 0 bridgehead atoms. The number of benzene rings is 2. The van der Waals surface area contributed by atoms with Gasteiger partial charge in [-0.05, 0) is 56.5 Å².